The molecule has 6 heteroatoms. The first-order valence-electron chi connectivity index (χ1n) is 4.60. The number of nitrogens with zero attached hydrogens (tertiary/aromatic N) is 2. The molecular weight excluding hydrogens is 211 g/mol. The van der Waals surface area contributed by atoms with Gasteiger partial charge in [0.15, 0.2) is 5.69 Å². The van der Waals surface area contributed by atoms with Gasteiger partial charge in [-0.05, 0) is 30.7 Å². The van der Waals surface area contributed by atoms with Crippen LogP contribution >= 0.6 is 0 Å². The maximum Gasteiger partial charge on any atom is 0.277 e. The van der Waals surface area contributed by atoms with Gasteiger partial charge in [0.1, 0.15) is 5.82 Å². The highest BCUT2D eigenvalue weighted by Gasteiger charge is 2.09. The molecule has 0 aliphatic carbocycles. The number of aryl methyl sites for hydroxylation is 1. The molecule has 2 aromatic rings. The Labute approximate surface area is 90.7 Å². The summed E-state index contributed by atoms with van der Waals surface area (Å²) in [4.78, 5) is 11.5. The van der Waals surface area contributed by atoms with Crippen LogP contribution in [0, 0.1) is 12.7 Å². The van der Waals surface area contributed by atoms with Crippen LogP contribution in [0.2, 0.25) is 0 Å². The van der Waals surface area contributed by atoms with Gasteiger partial charge in [-0.2, -0.15) is 15.4 Å². The van der Waals surface area contributed by atoms with E-state index in [2.05, 4.69) is 20.7 Å². The van der Waals surface area contributed by atoms with E-state index in [-0.39, 0.29) is 17.4 Å². The number of hydrogen-bond donors (Lipinski definition) is 2. The van der Waals surface area contributed by atoms with Gasteiger partial charge in [-0.15, -0.1) is 0 Å². The van der Waals surface area contributed by atoms with Crippen LogP contribution in [-0.2, 0) is 0 Å². The molecule has 82 valence electrons. The van der Waals surface area contributed by atoms with Crippen molar-refractivity contribution in [2.45, 2.75) is 6.92 Å². The van der Waals surface area contributed by atoms with Crippen LogP contribution in [0.5, 0.6) is 0 Å². The third-order valence-corrected chi connectivity index (χ3v) is 2.06. The van der Waals surface area contributed by atoms with Gasteiger partial charge in [-0.3, -0.25) is 4.79 Å². The lowest BCUT2D eigenvalue weighted by molar-refractivity contribution is 0.102. The number of anilines is 1. The predicted octanol–water partition coefficient (Wildman–Crippen LogP) is 1.50. The Balaban J connectivity index is 2.15. The Bertz CT molecular complexity index is 510. The Morgan fingerprint density at radius 1 is 1.50 bits per heavy atom. The van der Waals surface area contributed by atoms with Crippen molar-refractivity contribution in [3.05, 3.63) is 41.5 Å². The molecule has 0 radical (unpaired) electrons. The molecule has 0 saturated heterocycles. The van der Waals surface area contributed by atoms with Gasteiger partial charge >= 0.3 is 0 Å². The number of benzene rings is 1. The molecule has 0 aliphatic heterocycles. The zero-order valence-corrected chi connectivity index (χ0v) is 8.49. The second kappa shape index (κ2) is 4.09. The first-order valence-corrected chi connectivity index (χ1v) is 4.60. The summed E-state index contributed by atoms with van der Waals surface area (Å²) in [5.41, 5.74) is 1.17. The van der Waals surface area contributed by atoms with Crippen LogP contribution in [0.25, 0.3) is 0 Å². The molecule has 1 heterocycles. The van der Waals surface area contributed by atoms with E-state index in [1.165, 1.54) is 18.3 Å². The molecule has 0 fully saturated rings. The SMILES string of the molecule is Cc1cc(NC(=O)c2cn[nH]n2)ccc1F. The molecule has 2 rings (SSSR count). The summed E-state index contributed by atoms with van der Waals surface area (Å²) >= 11 is 0. The number of hydrogen-bond acceptors (Lipinski definition) is 3. The summed E-state index contributed by atoms with van der Waals surface area (Å²) in [5.74, 6) is -0.695. The van der Waals surface area contributed by atoms with E-state index in [4.69, 9.17) is 0 Å². The molecule has 0 atom stereocenters. The molecule has 0 aliphatic rings. The monoisotopic (exact) mass is 220 g/mol. The molecule has 0 saturated carbocycles. The minimum Gasteiger partial charge on any atom is -0.321 e. The van der Waals surface area contributed by atoms with Crippen molar-refractivity contribution in [3.8, 4) is 0 Å². The summed E-state index contributed by atoms with van der Waals surface area (Å²) in [6, 6.07) is 4.33. The average Bonchev–Trinajstić information content (AvgIpc) is 2.77. The molecular formula is C10H9FN4O. The highest BCUT2D eigenvalue weighted by atomic mass is 19.1. The maximum absolute atomic E-state index is 13.0. The van der Waals surface area contributed by atoms with E-state index in [0.717, 1.165) is 0 Å². The number of nitrogens with one attached hydrogen (secondary N) is 2. The lowest BCUT2D eigenvalue weighted by Gasteiger charge is -2.04. The number of carbonyl (C=O) groups is 1. The van der Waals surface area contributed by atoms with Crippen molar-refractivity contribution >= 4 is 11.6 Å². The van der Waals surface area contributed by atoms with Gasteiger partial charge in [0.25, 0.3) is 5.91 Å². The predicted molar refractivity (Wildman–Crippen MR) is 55.5 cm³/mol. The van der Waals surface area contributed by atoms with Crippen LogP contribution in [0.3, 0.4) is 0 Å². The zero-order valence-electron chi connectivity index (χ0n) is 8.49. The van der Waals surface area contributed by atoms with Gasteiger partial charge in [-0.1, -0.05) is 0 Å². The van der Waals surface area contributed by atoms with E-state index in [1.54, 1.807) is 13.0 Å². The third kappa shape index (κ3) is 2.05. The first-order chi connectivity index (χ1) is 7.66. The third-order valence-electron chi connectivity index (χ3n) is 2.06. The minimum absolute atomic E-state index is 0.182. The number of halogens is 1. The minimum atomic E-state index is -0.389. The van der Waals surface area contributed by atoms with Crippen LogP contribution < -0.4 is 5.32 Å². The van der Waals surface area contributed by atoms with E-state index in [0.29, 0.717) is 11.3 Å². The smallest absolute Gasteiger partial charge is 0.277 e. The molecule has 1 aromatic carbocycles. The van der Waals surface area contributed by atoms with Crippen LogP contribution in [-0.4, -0.2) is 21.3 Å². The first kappa shape index (κ1) is 10.3. The Morgan fingerprint density at radius 2 is 2.31 bits per heavy atom. The maximum atomic E-state index is 13.0. The average molecular weight is 220 g/mol. The summed E-state index contributed by atoms with van der Waals surface area (Å²) in [7, 11) is 0. The number of carbonyl (C=O) groups excluding carboxylic acids is 1. The molecule has 0 spiro atoms. The lowest BCUT2D eigenvalue weighted by atomic mass is 10.2. The van der Waals surface area contributed by atoms with Crippen molar-refractivity contribution in [2.75, 3.05) is 5.32 Å². The molecule has 0 bridgehead atoms. The molecule has 0 unspecified atom stereocenters. The number of aromatic amines is 1. The fourth-order valence-corrected chi connectivity index (χ4v) is 1.23. The fourth-order valence-electron chi connectivity index (χ4n) is 1.23. The Kier molecular flexibility index (Phi) is 2.63. The van der Waals surface area contributed by atoms with Gasteiger partial charge in [0.2, 0.25) is 0 Å². The van der Waals surface area contributed by atoms with Crippen molar-refractivity contribution in [1.82, 2.24) is 15.4 Å². The summed E-state index contributed by atoms with van der Waals surface area (Å²) in [5, 5.41) is 12.1. The normalized spacial score (nSPS) is 10.1. The van der Waals surface area contributed by atoms with Crippen LogP contribution in [0.4, 0.5) is 10.1 Å². The largest absolute Gasteiger partial charge is 0.321 e. The van der Waals surface area contributed by atoms with Gasteiger partial charge in [0.05, 0.1) is 6.20 Å². The molecule has 1 amide bonds. The van der Waals surface area contributed by atoms with Crippen LogP contribution in [0.15, 0.2) is 24.4 Å². The highest BCUT2D eigenvalue weighted by molar-refractivity contribution is 6.02. The van der Waals surface area contributed by atoms with Gasteiger partial charge in [0, 0.05) is 5.69 Å². The summed E-state index contributed by atoms with van der Waals surface area (Å²) in [6.07, 6.45) is 1.31. The second-order valence-corrected chi connectivity index (χ2v) is 3.27. The number of aromatic nitrogens is 3. The summed E-state index contributed by atoms with van der Waals surface area (Å²) < 4.78 is 13.0. The summed E-state index contributed by atoms with van der Waals surface area (Å²) in [6.45, 7) is 1.63. The van der Waals surface area contributed by atoms with Crippen LogP contribution in [0.1, 0.15) is 16.1 Å². The van der Waals surface area contributed by atoms with Gasteiger partial charge < -0.3 is 5.32 Å². The van der Waals surface area contributed by atoms with Crippen molar-refractivity contribution in [1.29, 1.82) is 0 Å². The van der Waals surface area contributed by atoms with Crippen molar-refractivity contribution in [3.63, 3.8) is 0 Å². The molecule has 5 nitrogen and oxygen atoms in total. The van der Waals surface area contributed by atoms with E-state index in [1.807, 2.05) is 0 Å². The van der Waals surface area contributed by atoms with E-state index >= 15 is 0 Å². The van der Waals surface area contributed by atoms with Crippen molar-refractivity contribution < 1.29 is 9.18 Å². The van der Waals surface area contributed by atoms with Crippen molar-refractivity contribution in [2.24, 2.45) is 0 Å². The molecule has 16 heavy (non-hydrogen) atoms. The number of amides is 1. The van der Waals surface area contributed by atoms with E-state index in [9.17, 15) is 9.18 Å². The lowest BCUT2D eigenvalue weighted by Crippen LogP contribution is -2.12. The molecule has 1 aromatic heterocycles. The Morgan fingerprint density at radius 3 is 2.94 bits per heavy atom. The Hall–Kier alpha value is -2.24. The topological polar surface area (TPSA) is 70.7 Å². The number of H-pyrrole nitrogens is 1. The quantitative estimate of drug-likeness (QED) is 0.805. The second-order valence-electron chi connectivity index (χ2n) is 3.27. The highest BCUT2D eigenvalue weighted by Crippen LogP contribution is 2.14. The number of rotatable bonds is 2. The standard InChI is InChI=1S/C10H9FN4O/c1-6-4-7(2-3-8(6)11)13-10(16)9-5-12-15-14-9/h2-5H,1H3,(H,13,16)(H,12,14,15). The molecule has 2 N–H and O–H groups in total. The zero-order chi connectivity index (χ0) is 11.5. The van der Waals surface area contributed by atoms with E-state index < -0.39 is 0 Å². The van der Waals surface area contributed by atoms with Gasteiger partial charge in [-0.25, -0.2) is 4.39 Å². The fraction of sp³-hybridized carbons (Fsp3) is 0.100.